The van der Waals surface area contributed by atoms with E-state index in [1.165, 1.54) is 25.7 Å². The summed E-state index contributed by atoms with van der Waals surface area (Å²) < 4.78 is 0. The molecule has 0 radical (unpaired) electrons. The Balaban J connectivity index is 1.82. The monoisotopic (exact) mass is 296 g/mol. The van der Waals surface area contributed by atoms with E-state index >= 15 is 0 Å². The van der Waals surface area contributed by atoms with Crippen LogP contribution in [0.2, 0.25) is 0 Å². The van der Waals surface area contributed by atoms with Gasteiger partial charge in [0.25, 0.3) is 0 Å². The highest BCUT2D eigenvalue weighted by atomic mass is 16.3. The van der Waals surface area contributed by atoms with Crippen LogP contribution in [-0.4, -0.2) is 23.2 Å². The summed E-state index contributed by atoms with van der Waals surface area (Å²) in [5.41, 5.74) is 2.92. The van der Waals surface area contributed by atoms with Crippen LogP contribution in [-0.2, 0) is 0 Å². The maximum absolute atomic E-state index is 10.5. The van der Waals surface area contributed by atoms with Crippen LogP contribution < -0.4 is 4.90 Å². The zero-order chi connectivity index (χ0) is 15.4. The Kier molecular flexibility index (Phi) is 4.74. The minimum absolute atomic E-state index is 0.606. The molecule has 0 saturated carbocycles. The predicted molar refractivity (Wildman–Crippen MR) is 90.2 cm³/mol. The Hall–Kier alpha value is -1.87. The summed E-state index contributed by atoms with van der Waals surface area (Å²) >= 11 is 0. The van der Waals surface area contributed by atoms with Crippen LogP contribution in [0.25, 0.3) is 0 Å². The molecular weight excluding hydrogens is 272 g/mol. The zero-order valence-electron chi connectivity index (χ0n) is 13.2. The van der Waals surface area contributed by atoms with Gasteiger partial charge in [0.1, 0.15) is 11.9 Å². The molecule has 1 aliphatic rings. The van der Waals surface area contributed by atoms with Gasteiger partial charge in [-0.05, 0) is 37.0 Å². The number of hydrogen-bond donors (Lipinski definition) is 1. The molecule has 1 unspecified atom stereocenters. The standard InChI is InChI=1S/C19H24N2O/c1-15-13-17(18(22)16-9-5-4-6-10-16)14-20-19(15)21-11-7-2-3-8-12-21/h4-6,9-10,13-14,18,22H,2-3,7-8,11-12H2,1H3. The molecule has 3 rings (SSSR count). The summed E-state index contributed by atoms with van der Waals surface area (Å²) in [6.07, 6.45) is 6.35. The fraction of sp³-hybridized carbons (Fsp3) is 0.421. The molecule has 1 fully saturated rings. The average molecular weight is 296 g/mol. The van der Waals surface area contributed by atoms with Gasteiger partial charge < -0.3 is 10.0 Å². The van der Waals surface area contributed by atoms with Gasteiger partial charge in [-0.2, -0.15) is 0 Å². The maximum atomic E-state index is 10.5. The van der Waals surface area contributed by atoms with Crippen LogP contribution in [0.15, 0.2) is 42.6 Å². The van der Waals surface area contributed by atoms with Crippen LogP contribution >= 0.6 is 0 Å². The zero-order valence-corrected chi connectivity index (χ0v) is 13.2. The molecule has 0 bridgehead atoms. The van der Waals surface area contributed by atoms with Gasteiger partial charge >= 0.3 is 0 Å². The summed E-state index contributed by atoms with van der Waals surface area (Å²) in [5, 5.41) is 10.5. The smallest absolute Gasteiger partial charge is 0.131 e. The molecule has 1 aromatic heterocycles. The molecule has 1 aromatic carbocycles. The quantitative estimate of drug-likeness (QED) is 0.934. The van der Waals surface area contributed by atoms with Gasteiger partial charge in [0.05, 0.1) is 0 Å². The van der Waals surface area contributed by atoms with Crippen LogP contribution in [0.5, 0.6) is 0 Å². The lowest BCUT2D eigenvalue weighted by atomic mass is 10.0. The number of aliphatic hydroxyl groups excluding tert-OH is 1. The highest BCUT2D eigenvalue weighted by Crippen LogP contribution is 2.26. The molecule has 1 N–H and O–H groups in total. The second-order valence-corrected chi connectivity index (χ2v) is 6.12. The van der Waals surface area contributed by atoms with Gasteiger partial charge in [0.15, 0.2) is 0 Å². The largest absolute Gasteiger partial charge is 0.384 e. The van der Waals surface area contributed by atoms with E-state index in [1.54, 1.807) is 0 Å². The van der Waals surface area contributed by atoms with E-state index in [-0.39, 0.29) is 0 Å². The Bertz CT molecular complexity index is 604. The summed E-state index contributed by atoms with van der Waals surface area (Å²) in [5.74, 6) is 1.07. The number of aryl methyl sites for hydroxylation is 1. The van der Waals surface area contributed by atoms with E-state index in [1.807, 2.05) is 36.5 Å². The molecule has 3 nitrogen and oxygen atoms in total. The third-order valence-corrected chi connectivity index (χ3v) is 4.41. The molecule has 2 aromatic rings. The first-order chi connectivity index (χ1) is 10.8. The van der Waals surface area contributed by atoms with Gasteiger partial charge in [-0.25, -0.2) is 4.98 Å². The molecule has 1 aliphatic heterocycles. The summed E-state index contributed by atoms with van der Waals surface area (Å²) in [6, 6.07) is 11.8. The third-order valence-electron chi connectivity index (χ3n) is 4.41. The fourth-order valence-electron chi connectivity index (χ4n) is 3.18. The molecule has 22 heavy (non-hydrogen) atoms. The molecule has 3 heteroatoms. The van der Waals surface area contributed by atoms with Gasteiger partial charge in [-0.1, -0.05) is 43.2 Å². The number of hydrogen-bond acceptors (Lipinski definition) is 3. The van der Waals surface area contributed by atoms with Crippen molar-refractivity contribution >= 4 is 5.82 Å². The molecule has 116 valence electrons. The number of anilines is 1. The van der Waals surface area contributed by atoms with Crippen molar-refractivity contribution in [2.45, 2.75) is 38.7 Å². The molecule has 0 spiro atoms. The highest BCUT2D eigenvalue weighted by molar-refractivity contribution is 5.48. The topological polar surface area (TPSA) is 36.4 Å². The molecule has 1 atom stereocenters. The maximum Gasteiger partial charge on any atom is 0.131 e. The van der Waals surface area contributed by atoms with Gasteiger partial charge in [-0.15, -0.1) is 0 Å². The van der Waals surface area contributed by atoms with Gasteiger partial charge in [0, 0.05) is 24.8 Å². The van der Waals surface area contributed by atoms with Crippen molar-refractivity contribution in [3.63, 3.8) is 0 Å². The number of benzene rings is 1. The van der Waals surface area contributed by atoms with E-state index in [2.05, 4.69) is 22.9 Å². The molecule has 1 saturated heterocycles. The first kappa shape index (κ1) is 15.0. The van der Waals surface area contributed by atoms with Crippen molar-refractivity contribution in [1.82, 2.24) is 4.98 Å². The first-order valence-corrected chi connectivity index (χ1v) is 8.20. The molecule has 0 aliphatic carbocycles. The van der Waals surface area contributed by atoms with Gasteiger partial charge in [0.2, 0.25) is 0 Å². The average Bonchev–Trinajstić information content (AvgIpc) is 2.84. The molecular formula is C19H24N2O. The van der Waals surface area contributed by atoms with E-state index in [0.29, 0.717) is 0 Å². The van der Waals surface area contributed by atoms with Crippen LogP contribution in [0.4, 0.5) is 5.82 Å². The van der Waals surface area contributed by atoms with E-state index in [9.17, 15) is 5.11 Å². The van der Waals surface area contributed by atoms with Crippen LogP contribution in [0.1, 0.15) is 48.5 Å². The normalized spacial score (nSPS) is 17.1. The van der Waals surface area contributed by atoms with E-state index < -0.39 is 6.10 Å². The second kappa shape index (κ2) is 6.93. The number of nitrogens with zero attached hydrogens (tertiary/aromatic N) is 2. The van der Waals surface area contributed by atoms with Crippen molar-refractivity contribution in [2.24, 2.45) is 0 Å². The van der Waals surface area contributed by atoms with Gasteiger partial charge in [-0.3, -0.25) is 0 Å². The minimum Gasteiger partial charge on any atom is -0.384 e. The second-order valence-electron chi connectivity index (χ2n) is 6.12. The molecule has 0 amide bonds. The number of aliphatic hydroxyl groups is 1. The number of pyridine rings is 1. The summed E-state index contributed by atoms with van der Waals surface area (Å²) in [7, 11) is 0. The third kappa shape index (κ3) is 3.30. The fourth-order valence-corrected chi connectivity index (χ4v) is 3.18. The van der Waals surface area contributed by atoms with Crippen molar-refractivity contribution in [3.05, 3.63) is 59.3 Å². The molecule has 2 heterocycles. The van der Waals surface area contributed by atoms with Crippen molar-refractivity contribution < 1.29 is 5.11 Å². The Labute approximate surface area is 132 Å². The summed E-state index contributed by atoms with van der Waals surface area (Å²) in [6.45, 7) is 4.28. The van der Waals surface area contributed by atoms with E-state index in [4.69, 9.17) is 0 Å². The predicted octanol–water partition coefficient (Wildman–Crippen LogP) is 3.85. The number of rotatable bonds is 3. The number of aromatic nitrogens is 1. The Morgan fingerprint density at radius 1 is 1.00 bits per heavy atom. The van der Waals surface area contributed by atoms with Crippen LogP contribution in [0.3, 0.4) is 0 Å². The highest BCUT2D eigenvalue weighted by Gasteiger charge is 2.16. The SMILES string of the molecule is Cc1cc(C(O)c2ccccc2)cnc1N1CCCCCC1. The summed E-state index contributed by atoms with van der Waals surface area (Å²) in [4.78, 5) is 7.05. The van der Waals surface area contributed by atoms with E-state index in [0.717, 1.165) is 35.6 Å². The first-order valence-electron chi connectivity index (χ1n) is 8.20. The lowest BCUT2D eigenvalue weighted by Gasteiger charge is -2.24. The Morgan fingerprint density at radius 3 is 2.32 bits per heavy atom. The lowest BCUT2D eigenvalue weighted by molar-refractivity contribution is 0.220. The Morgan fingerprint density at radius 2 is 1.68 bits per heavy atom. The minimum atomic E-state index is -0.606. The van der Waals surface area contributed by atoms with Crippen molar-refractivity contribution in [3.8, 4) is 0 Å². The van der Waals surface area contributed by atoms with Crippen LogP contribution in [0, 0.1) is 6.92 Å². The van der Waals surface area contributed by atoms with Crippen molar-refractivity contribution in [1.29, 1.82) is 0 Å². The van der Waals surface area contributed by atoms with Crippen molar-refractivity contribution in [2.75, 3.05) is 18.0 Å². The lowest BCUT2D eigenvalue weighted by Crippen LogP contribution is -2.25.